The molecule has 1 fully saturated rings. The van der Waals surface area contributed by atoms with Gasteiger partial charge in [0.15, 0.2) is 23.4 Å². The number of oxime groups is 1. The molecule has 2 aromatic heterocycles. The van der Waals surface area contributed by atoms with Crippen molar-refractivity contribution in [3.05, 3.63) is 82.4 Å². The number of fused-ring (bicyclic) bond motifs is 2. The molecular weight excluding hydrogens is 544 g/mol. The Hall–Kier alpha value is -4.15. The number of ether oxygens (including phenoxy) is 2. The van der Waals surface area contributed by atoms with Crippen molar-refractivity contribution < 1.29 is 19.1 Å². The normalized spacial score (nSPS) is 17.9. The number of likely N-dealkylation sites (tertiary alicyclic amines) is 1. The van der Waals surface area contributed by atoms with Gasteiger partial charge < -0.3 is 24.2 Å². The maximum Gasteiger partial charge on any atom is 0.212 e. The van der Waals surface area contributed by atoms with Crippen LogP contribution in [0.3, 0.4) is 0 Å². The molecule has 4 aromatic rings. The number of piperidine rings is 1. The molecule has 0 saturated carbocycles. The summed E-state index contributed by atoms with van der Waals surface area (Å²) in [6.07, 6.45) is 4.16. The number of carbonyl (C=O) groups excluding carboxylic acids is 1. The third-order valence-electron chi connectivity index (χ3n) is 7.77. The molecule has 2 aliphatic rings. The van der Waals surface area contributed by atoms with Gasteiger partial charge in [-0.2, -0.15) is 0 Å². The predicted molar refractivity (Wildman–Crippen MR) is 155 cm³/mol. The first-order chi connectivity index (χ1) is 20.0. The highest BCUT2D eigenvalue weighted by Gasteiger charge is 2.30. The lowest BCUT2D eigenvalue weighted by Gasteiger charge is -2.34. The van der Waals surface area contributed by atoms with E-state index in [1.165, 1.54) is 12.7 Å². The largest absolute Gasteiger partial charge is 0.485 e. The van der Waals surface area contributed by atoms with Crippen LogP contribution in [0.15, 0.2) is 59.9 Å². The Morgan fingerprint density at radius 2 is 2.02 bits per heavy atom. The van der Waals surface area contributed by atoms with E-state index in [1.54, 1.807) is 12.3 Å². The van der Waals surface area contributed by atoms with Gasteiger partial charge in [-0.1, -0.05) is 41.0 Å². The van der Waals surface area contributed by atoms with Gasteiger partial charge >= 0.3 is 0 Å². The van der Waals surface area contributed by atoms with Crippen molar-refractivity contribution in [2.75, 3.05) is 26.8 Å². The van der Waals surface area contributed by atoms with Crippen molar-refractivity contribution in [3.8, 4) is 11.5 Å². The van der Waals surface area contributed by atoms with E-state index in [0.29, 0.717) is 29.7 Å². The lowest BCUT2D eigenvalue weighted by Crippen LogP contribution is -2.33. The lowest BCUT2D eigenvalue weighted by molar-refractivity contribution is -0.108. The monoisotopic (exact) mass is 574 g/mol. The smallest absolute Gasteiger partial charge is 0.212 e. The first-order valence-corrected chi connectivity index (χ1v) is 13.9. The van der Waals surface area contributed by atoms with E-state index in [1.807, 2.05) is 37.4 Å². The number of rotatable bonds is 7. The van der Waals surface area contributed by atoms with Crippen molar-refractivity contribution in [2.45, 2.75) is 31.4 Å². The van der Waals surface area contributed by atoms with Crippen molar-refractivity contribution in [2.24, 2.45) is 12.2 Å². The standard InChI is InChI=1S/C30H31ClN6O4/c1-36-25-15-32-24(30(33-18-38)35-39-2)14-23(25)34-28(36)16-37-12-10-19(11-13-37)22-4-3-5-26-29(22)40-17-27(41-26)20-6-8-21(31)9-7-20/h3-9,14-15,18-19,27H,10-13,16-17H2,1-2H3,(H,33,35,38)/t27-/m0/s1. The van der Waals surface area contributed by atoms with E-state index < -0.39 is 0 Å². The molecule has 0 spiro atoms. The molecule has 2 aromatic carbocycles. The fourth-order valence-corrected chi connectivity index (χ4v) is 5.72. The summed E-state index contributed by atoms with van der Waals surface area (Å²) >= 11 is 6.05. The summed E-state index contributed by atoms with van der Waals surface area (Å²) < 4.78 is 14.7. The Bertz CT molecular complexity index is 1580. The van der Waals surface area contributed by atoms with Gasteiger partial charge in [-0.05, 0) is 61.7 Å². The summed E-state index contributed by atoms with van der Waals surface area (Å²) in [7, 11) is 3.41. The molecule has 0 radical (unpaired) electrons. The highest BCUT2D eigenvalue weighted by Crippen LogP contribution is 2.44. The average Bonchev–Trinajstić information content (AvgIpc) is 3.31. The van der Waals surface area contributed by atoms with E-state index in [9.17, 15) is 4.79 Å². The Morgan fingerprint density at radius 1 is 1.22 bits per heavy atom. The molecule has 1 N–H and O–H groups in total. The molecule has 6 rings (SSSR count). The van der Waals surface area contributed by atoms with Crippen molar-refractivity contribution in [3.63, 3.8) is 0 Å². The summed E-state index contributed by atoms with van der Waals surface area (Å²) in [5, 5.41) is 7.06. The van der Waals surface area contributed by atoms with Crippen LogP contribution in [0.4, 0.5) is 0 Å². The Kier molecular flexibility index (Phi) is 7.76. The van der Waals surface area contributed by atoms with Crippen LogP contribution in [-0.2, 0) is 23.2 Å². The molecule has 0 bridgehead atoms. The molecule has 41 heavy (non-hydrogen) atoms. The second kappa shape index (κ2) is 11.8. The van der Waals surface area contributed by atoms with Gasteiger partial charge in [-0.3, -0.25) is 14.7 Å². The maximum absolute atomic E-state index is 10.9. The number of amidine groups is 1. The zero-order valence-electron chi connectivity index (χ0n) is 22.9. The summed E-state index contributed by atoms with van der Waals surface area (Å²) in [5.74, 6) is 3.25. The summed E-state index contributed by atoms with van der Waals surface area (Å²) in [6, 6.07) is 15.7. The van der Waals surface area contributed by atoms with Crippen LogP contribution in [0.25, 0.3) is 11.0 Å². The van der Waals surface area contributed by atoms with E-state index >= 15 is 0 Å². The van der Waals surface area contributed by atoms with Crippen LogP contribution in [0, 0.1) is 0 Å². The minimum Gasteiger partial charge on any atom is -0.485 e. The van der Waals surface area contributed by atoms with E-state index in [-0.39, 0.29) is 11.9 Å². The molecule has 1 amide bonds. The number of amides is 1. The molecule has 1 saturated heterocycles. The Labute approximate surface area is 242 Å². The number of aryl methyl sites for hydroxylation is 1. The fourth-order valence-electron chi connectivity index (χ4n) is 5.60. The number of para-hydroxylation sites is 1. The highest BCUT2D eigenvalue weighted by molar-refractivity contribution is 6.30. The van der Waals surface area contributed by atoms with Gasteiger partial charge in [0.1, 0.15) is 25.2 Å². The molecule has 4 heterocycles. The second-order valence-corrected chi connectivity index (χ2v) is 10.7. The number of aromatic nitrogens is 3. The molecule has 0 unspecified atom stereocenters. The Balaban J connectivity index is 1.12. The zero-order chi connectivity index (χ0) is 28.3. The molecule has 2 aliphatic heterocycles. The number of halogens is 1. The van der Waals surface area contributed by atoms with Crippen LogP contribution in [0.2, 0.25) is 5.02 Å². The fraction of sp³-hybridized carbons (Fsp3) is 0.333. The lowest BCUT2D eigenvalue weighted by atomic mass is 9.88. The third-order valence-corrected chi connectivity index (χ3v) is 8.02. The van der Waals surface area contributed by atoms with E-state index in [0.717, 1.165) is 66.4 Å². The van der Waals surface area contributed by atoms with Crippen LogP contribution >= 0.6 is 11.6 Å². The quantitative estimate of drug-likeness (QED) is 0.149. The van der Waals surface area contributed by atoms with Gasteiger partial charge in [0.25, 0.3) is 0 Å². The summed E-state index contributed by atoms with van der Waals surface area (Å²) in [4.78, 5) is 27.5. The van der Waals surface area contributed by atoms with Gasteiger partial charge in [-0.25, -0.2) is 4.98 Å². The number of hydrogen-bond donors (Lipinski definition) is 1. The number of pyridine rings is 1. The van der Waals surface area contributed by atoms with Crippen molar-refractivity contribution >= 4 is 34.9 Å². The van der Waals surface area contributed by atoms with Crippen molar-refractivity contribution in [1.82, 2.24) is 24.8 Å². The molecule has 212 valence electrons. The number of nitrogens with zero attached hydrogens (tertiary/aromatic N) is 5. The van der Waals surface area contributed by atoms with Gasteiger partial charge in [0.05, 0.1) is 23.8 Å². The van der Waals surface area contributed by atoms with Gasteiger partial charge in [0.2, 0.25) is 6.41 Å². The SMILES string of the molecule is CO/N=C(\NC=O)c1cc2nc(CN3CCC(c4cccc5c4OC[C@@H](c4ccc(Cl)cc4)O5)CC3)n(C)c2cn1. The molecule has 11 heteroatoms. The minimum atomic E-state index is -0.156. The average molecular weight is 575 g/mol. The Morgan fingerprint density at radius 3 is 2.78 bits per heavy atom. The maximum atomic E-state index is 10.9. The first-order valence-electron chi connectivity index (χ1n) is 13.6. The summed E-state index contributed by atoms with van der Waals surface area (Å²) in [6.45, 7) is 3.10. The number of imidazole rings is 1. The van der Waals surface area contributed by atoms with Crippen LogP contribution in [0.5, 0.6) is 11.5 Å². The third kappa shape index (κ3) is 5.57. The van der Waals surface area contributed by atoms with Crippen LogP contribution < -0.4 is 14.8 Å². The van der Waals surface area contributed by atoms with Crippen molar-refractivity contribution in [1.29, 1.82) is 0 Å². The first kappa shape index (κ1) is 27.0. The second-order valence-electron chi connectivity index (χ2n) is 10.2. The van der Waals surface area contributed by atoms with Gasteiger partial charge in [0, 0.05) is 17.6 Å². The highest BCUT2D eigenvalue weighted by atomic mass is 35.5. The molecule has 1 atom stereocenters. The molecule has 10 nitrogen and oxygen atoms in total. The minimum absolute atomic E-state index is 0.156. The van der Waals surface area contributed by atoms with Crippen LogP contribution in [-0.4, -0.2) is 58.5 Å². The zero-order valence-corrected chi connectivity index (χ0v) is 23.7. The van der Waals surface area contributed by atoms with Crippen LogP contribution in [0.1, 0.15) is 47.5 Å². The number of hydrogen-bond acceptors (Lipinski definition) is 8. The van der Waals surface area contributed by atoms with E-state index in [4.69, 9.17) is 30.9 Å². The topological polar surface area (TPSA) is 103 Å². The predicted octanol–water partition coefficient (Wildman–Crippen LogP) is 4.57. The number of carbonyl (C=O) groups is 1. The van der Waals surface area contributed by atoms with E-state index in [2.05, 4.69) is 37.1 Å². The number of benzene rings is 2. The molecule has 0 aliphatic carbocycles. The molecular formula is C30H31ClN6O4. The van der Waals surface area contributed by atoms with Gasteiger partial charge in [-0.15, -0.1) is 0 Å². The number of nitrogens with one attached hydrogen (secondary N) is 1. The summed E-state index contributed by atoms with van der Waals surface area (Å²) in [5.41, 5.74) is 4.44.